The molecular weight excluding hydrogens is 478 g/mol. The first-order valence-corrected chi connectivity index (χ1v) is 13.9. The lowest BCUT2D eigenvalue weighted by Crippen LogP contribution is -2.49. The predicted octanol–water partition coefficient (Wildman–Crippen LogP) is 2.38. The number of thiophene rings is 1. The standard InChI is InChI=1S/C23H35N3O6S2/c1-17(27)24-18(7-8-19(28)32-22(2,3)4)21(29)25-12-9-23(16-25)10-13-26(14-11-23)34(30,31)20-6-5-15-33-20/h5-6,15,18H,7-14,16H2,1-4H3,(H,24,27). The topological polar surface area (TPSA) is 113 Å². The van der Waals surface area contributed by atoms with Gasteiger partial charge in [0.05, 0.1) is 0 Å². The molecular formula is C23H35N3O6S2. The lowest BCUT2D eigenvalue weighted by Gasteiger charge is -2.38. The first-order valence-electron chi connectivity index (χ1n) is 11.6. The molecule has 190 valence electrons. The Morgan fingerprint density at radius 1 is 1.18 bits per heavy atom. The third-order valence-corrected chi connectivity index (χ3v) is 9.63. The molecule has 1 aromatic rings. The van der Waals surface area contributed by atoms with Crippen LogP contribution in [0.15, 0.2) is 21.7 Å². The van der Waals surface area contributed by atoms with Gasteiger partial charge in [-0.1, -0.05) is 6.07 Å². The van der Waals surface area contributed by atoms with Crippen molar-refractivity contribution in [2.45, 2.75) is 75.7 Å². The lowest BCUT2D eigenvalue weighted by molar-refractivity contribution is -0.155. The second kappa shape index (κ2) is 10.3. The summed E-state index contributed by atoms with van der Waals surface area (Å²) in [4.78, 5) is 38.8. The van der Waals surface area contributed by atoms with Gasteiger partial charge in [-0.15, -0.1) is 11.3 Å². The molecule has 2 aliphatic heterocycles. The number of amides is 2. The van der Waals surface area contributed by atoms with Gasteiger partial charge in [-0.05, 0) is 63.3 Å². The number of hydrogen-bond donors (Lipinski definition) is 1. The van der Waals surface area contributed by atoms with Crippen LogP contribution in [0.3, 0.4) is 0 Å². The molecule has 1 aromatic heterocycles. The highest BCUT2D eigenvalue weighted by Crippen LogP contribution is 2.42. The molecule has 1 unspecified atom stereocenters. The van der Waals surface area contributed by atoms with E-state index in [-0.39, 0.29) is 30.1 Å². The summed E-state index contributed by atoms with van der Waals surface area (Å²) in [6, 6.07) is 2.57. The van der Waals surface area contributed by atoms with Crippen LogP contribution in [-0.4, -0.2) is 73.2 Å². The van der Waals surface area contributed by atoms with E-state index in [0.717, 1.165) is 6.42 Å². The number of likely N-dealkylation sites (tertiary alicyclic amines) is 1. The van der Waals surface area contributed by atoms with Crippen molar-refractivity contribution < 1.29 is 27.5 Å². The number of carbonyl (C=O) groups is 3. The zero-order chi connectivity index (χ0) is 25.1. The lowest BCUT2D eigenvalue weighted by atomic mass is 9.78. The largest absolute Gasteiger partial charge is 0.460 e. The molecule has 0 saturated carbocycles. The van der Waals surface area contributed by atoms with Gasteiger partial charge >= 0.3 is 5.97 Å². The molecule has 34 heavy (non-hydrogen) atoms. The number of nitrogens with zero attached hydrogens (tertiary/aromatic N) is 2. The fraction of sp³-hybridized carbons (Fsp3) is 0.696. The summed E-state index contributed by atoms with van der Waals surface area (Å²) in [5.74, 6) is -0.944. The smallest absolute Gasteiger partial charge is 0.306 e. The zero-order valence-electron chi connectivity index (χ0n) is 20.3. The minimum Gasteiger partial charge on any atom is -0.460 e. The van der Waals surface area contributed by atoms with Gasteiger partial charge in [0.1, 0.15) is 15.9 Å². The van der Waals surface area contributed by atoms with Crippen molar-refractivity contribution in [1.29, 1.82) is 0 Å². The van der Waals surface area contributed by atoms with Gasteiger partial charge < -0.3 is 15.0 Å². The van der Waals surface area contributed by atoms with E-state index < -0.39 is 27.6 Å². The normalized spacial score (nSPS) is 19.7. The van der Waals surface area contributed by atoms with Crippen molar-refractivity contribution in [3.8, 4) is 0 Å². The Balaban J connectivity index is 1.58. The van der Waals surface area contributed by atoms with E-state index in [9.17, 15) is 22.8 Å². The highest BCUT2D eigenvalue weighted by atomic mass is 32.2. The van der Waals surface area contributed by atoms with Crippen molar-refractivity contribution in [2.75, 3.05) is 26.2 Å². The SMILES string of the molecule is CC(=O)NC(CCC(=O)OC(C)(C)C)C(=O)N1CCC2(CCN(S(=O)(=O)c3cccs3)CC2)C1. The van der Waals surface area contributed by atoms with Gasteiger partial charge in [0, 0.05) is 39.5 Å². The Kier molecular flexibility index (Phi) is 8.09. The molecule has 11 heteroatoms. The molecule has 3 heterocycles. The quantitative estimate of drug-likeness (QED) is 0.560. The van der Waals surface area contributed by atoms with Gasteiger partial charge in [-0.3, -0.25) is 14.4 Å². The molecule has 1 N–H and O–H groups in total. The Hall–Kier alpha value is -1.98. The van der Waals surface area contributed by atoms with E-state index in [1.807, 2.05) is 0 Å². The maximum Gasteiger partial charge on any atom is 0.306 e. The van der Waals surface area contributed by atoms with E-state index in [2.05, 4.69) is 5.32 Å². The van der Waals surface area contributed by atoms with Crippen LogP contribution >= 0.6 is 11.3 Å². The molecule has 1 atom stereocenters. The van der Waals surface area contributed by atoms with E-state index in [0.29, 0.717) is 43.2 Å². The highest BCUT2D eigenvalue weighted by molar-refractivity contribution is 7.91. The number of carbonyl (C=O) groups excluding carboxylic acids is 3. The second-order valence-corrected chi connectivity index (χ2v) is 13.3. The summed E-state index contributed by atoms with van der Waals surface area (Å²) < 4.78 is 32.9. The molecule has 1 spiro atoms. The number of ether oxygens (including phenoxy) is 1. The first-order chi connectivity index (χ1) is 15.8. The molecule has 2 aliphatic rings. The maximum atomic E-state index is 13.2. The molecule has 9 nitrogen and oxygen atoms in total. The summed E-state index contributed by atoms with van der Waals surface area (Å²) in [5.41, 5.74) is -0.735. The molecule has 2 saturated heterocycles. The molecule has 2 fully saturated rings. The molecule has 0 radical (unpaired) electrons. The molecule has 0 bridgehead atoms. The van der Waals surface area contributed by atoms with Crippen molar-refractivity contribution in [3.63, 3.8) is 0 Å². The van der Waals surface area contributed by atoms with Crippen LogP contribution in [0.5, 0.6) is 0 Å². The van der Waals surface area contributed by atoms with Crippen LogP contribution in [0.4, 0.5) is 0 Å². The van der Waals surface area contributed by atoms with Crippen molar-refractivity contribution in [1.82, 2.24) is 14.5 Å². The van der Waals surface area contributed by atoms with Crippen LogP contribution in [0.2, 0.25) is 0 Å². The van der Waals surface area contributed by atoms with E-state index >= 15 is 0 Å². The number of esters is 1. The zero-order valence-corrected chi connectivity index (χ0v) is 22.0. The monoisotopic (exact) mass is 513 g/mol. The number of hydrogen-bond acceptors (Lipinski definition) is 7. The van der Waals surface area contributed by atoms with Crippen molar-refractivity contribution >= 4 is 39.1 Å². The van der Waals surface area contributed by atoms with Crippen LogP contribution in [0.1, 0.15) is 59.8 Å². The average Bonchev–Trinajstić information content (AvgIpc) is 3.41. The van der Waals surface area contributed by atoms with Crippen molar-refractivity contribution in [3.05, 3.63) is 17.5 Å². The Bertz CT molecular complexity index is 992. The van der Waals surface area contributed by atoms with E-state index in [4.69, 9.17) is 4.74 Å². The van der Waals surface area contributed by atoms with Crippen LogP contribution in [-0.2, 0) is 29.1 Å². The summed E-state index contributed by atoms with van der Waals surface area (Å²) in [5, 5.41) is 4.44. The van der Waals surface area contributed by atoms with E-state index in [1.165, 1.54) is 22.6 Å². The molecule has 3 rings (SSSR count). The second-order valence-electron chi connectivity index (χ2n) is 10.2. The van der Waals surface area contributed by atoms with Gasteiger partial charge in [0.15, 0.2) is 0 Å². The van der Waals surface area contributed by atoms with Gasteiger partial charge in [0.25, 0.3) is 10.0 Å². The summed E-state index contributed by atoms with van der Waals surface area (Å²) in [6.07, 6.45) is 2.37. The summed E-state index contributed by atoms with van der Waals surface area (Å²) in [6.45, 7) is 8.63. The predicted molar refractivity (Wildman–Crippen MR) is 129 cm³/mol. The number of nitrogens with one attached hydrogen (secondary N) is 1. The Labute approximate surface area is 205 Å². The van der Waals surface area contributed by atoms with Gasteiger partial charge in [-0.25, -0.2) is 8.42 Å². The molecule has 0 aromatic carbocycles. The number of rotatable bonds is 7. The third-order valence-electron chi connectivity index (χ3n) is 6.36. The van der Waals surface area contributed by atoms with Crippen molar-refractivity contribution in [2.24, 2.45) is 5.41 Å². The summed E-state index contributed by atoms with van der Waals surface area (Å²) in [7, 11) is -3.47. The molecule has 0 aliphatic carbocycles. The highest BCUT2D eigenvalue weighted by Gasteiger charge is 2.45. The average molecular weight is 514 g/mol. The molecule has 2 amide bonds. The van der Waals surface area contributed by atoms with Crippen LogP contribution in [0, 0.1) is 5.41 Å². The first kappa shape index (κ1) is 26.6. The van der Waals surface area contributed by atoms with E-state index in [1.54, 1.807) is 43.2 Å². The number of sulfonamides is 1. The van der Waals surface area contributed by atoms with Gasteiger partial charge in [0.2, 0.25) is 11.8 Å². The Morgan fingerprint density at radius 3 is 2.38 bits per heavy atom. The Morgan fingerprint density at radius 2 is 1.82 bits per heavy atom. The minimum absolute atomic E-state index is 0.0302. The van der Waals surface area contributed by atoms with Crippen LogP contribution in [0.25, 0.3) is 0 Å². The maximum absolute atomic E-state index is 13.2. The fourth-order valence-corrected chi connectivity index (χ4v) is 7.23. The third kappa shape index (κ3) is 6.57. The van der Waals surface area contributed by atoms with Gasteiger partial charge in [-0.2, -0.15) is 4.31 Å². The summed E-state index contributed by atoms with van der Waals surface area (Å²) >= 11 is 1.22. The number of piperidine rings is 1. The van der Waals surface area contributed by atoms with Crippen LogP contribution < -0.4 is 5.32 Å². The minimum atomic E-state index is -3.47. The fourth-order valence-electron chi connectivity index (χ4n) is 4.65.